The Morgan fingerprint density at radius 1 is 1.39 bits per heavy atom. The number of hydrogen-bond donors (Lipinski definition) is 3. The number of aromatic carboxylic acids is 1. The third-order valence-corrected chi connectivity index (χ3v) is 3.69. The first kappa shape index (κ1) is 14.3. The molecule has 0 aliphatic rings. The molecule has 0 spiro atoms. The maximum atomic E-state index is 11.7. The van der Waals surface area contributed by atoms with Gasteiger partial charge in [-0.1, -0.05) is 13.8 Å². The number of benzene rings is 1. The lowest BCUT2D eigenvalue weighted by Gasteiger charge is -2.12. The summed E-state index contributed by atoms with van der Waals surface area (Å²) in [5.74, 6) is -1.73. The van der Waals surface area contributed by atoms with Crippen LogP contribution < -0.4 is 4.72 Å². The van der Waals surface area contributed by atoms with Gasteiger partial charge in [-0.15, -0.1) is 0 Å². The van der Waals surface area contributed by atoms with E-state index in [0.29, 0.717) is 0 Å². The molecule has 1 aromatic rings. The number of rotatable bonds is 5. The van der Waals surface area contributed by atoms with Gasteiger partial charge in [0, 0.05) is 0 Å². The number of phenolic OH excluding ortho intramolecular Hbond substituents is 1. The van der Waals surface area contributed by atoms with Gasteiger partial charge in [0.25, 0.3) is 0 Å². The number of phenols is 1. The fraction of sp³-hybridized carbons (Fsp3) is 0.364. The van der Waals surface area contributed by atoms with E-state index in [0.717, 1.165) is 6.07 Å². The molecule has 1 rings (SSSR count). The van der Waals surface area contributed by atoms with Gasteiger partial charge in [-0.05, 0) is 24.1 Å². The summed E-state index contributed by atoms with van der Waals surface area (Å²) in [7, 11) is -3.60. The molecule has 0 heterocycles. The minimum Gasteiger partial charge on any atom is -0.508 e. The second-order valence-electron chi connectivity index (χ2n) is 4.31. The second-order valence-corrected chi connectivity index (χ2v) is 6.08. The summed E-state index contributed by atoms with van der Waals surface area (Å²) in [5.41, 5.74) is -0.344. The van der Waals surface area contributed by atoms with E-state index in [4.69, 9.17) is 5.11 Å². The summed E-state index contributed by atoms with van der Waals surface area (Å²) in [4.78, 5) is 10.9. The van der Waals surface area contributed by atoms with Crippen molar-refractivity contribution in [1.29, 1.82) is 0 Å². The van der Waals surface area contributed by atoms with E-state index in [-0.39, 0.29) is 28.7 Å². The third-order valence-electron chi connectivity index (χ3n) is 2.05. The van der Waals surface area contributed by atoms with Crippen molar-refractivity contribution in [1.82, 2.24) is 0 Å². The molecule has 0 fully saturated rings. The molecule has 3 N–H and O–H groups in total. The fourth-order valence-electron chi connectivity index (χ4n) is 1.45. The van der Waals surface area contributed by atoms with E-state index in [1.165, 1.54) is 12.1 Å². The Morgan fingerprint density at radius 3 is 2.50 bits per heavy atom. The molecule has 0 saturated carbocycles. The SMILES string of the molecule is CC(C)CS(=O)(=O)Nc1ccc(O)cc1C(=O)O. The molecule has 6 nitrogen and oxygen atoms in total. The van der Waals surface area contributed by atoms with Crippen LogP contribution in [0.4, 0.5) is 5.69 Å². The molecule has 0 bridgehead atoms. The van der Waals surface area contributed by atoms with Gasteiger partial charge in [0.05, 0.1) is 17.0 Å². The standard InChI is InChI=1S/C11H15NO5S/c1-7(2)6-18(16,17)12-10-4-3-8(13)5-9(10)11(14)15/h3-5,7,12-13H,6H2,1-2H3,(H,14,15). The van der Waals surface area contributed by atoms with Crippen LogP contribution in [-0.4, -0.2) is 30.4 Å². The van der Waals surface area contributed by atoms with Crippen molar-refractivity contribution in [3.05, 3.63) is 23.8 Å². The van der Waals surface area contributed by atoms with Crippen LogP contribution in [0.5, 0.6) is 5.75 Å². The van der Waals surface area contributed by atoms with Crippen molar-refractivity contribution in [3.63, 3.8) is 0 Å². The van der Waals surface area contributed by atoms with Crippen LogP contribution >= 0.6 is 0 Å². The van der Waals surface area contributed by atoms with Gasteiger partial charge in [0.2, 0.25) is 10.0 Å². The van der Waals surface area contributed by atoms with Crippen LogP contribution in [0.15, 0.2) is 18.2 Å². The summed E-state index contributed by atoms with van der Waals surface area (Å²) in [5, 5.41) is 18.1. The van der Waals surface area contributed by atoms with E-state index in [2.05, 4.69) is 4.72 Å². The molecular formula is C11H15NO5S. The van der Waals surface area contributed by atoms with Gasteiger partial charge in [-0.2, -0.15) is 0 Å². The molecule has 100 valence electrons. The lowest BCUT2D eigenvalue weighted by atomic mass is 10.2. The van der Waals surface area contributed by atoms with Gasteiger partial charge < -0.3 is 10.2 Å². The largest absolute Gasteiger partial charge is 0.508 e. The van der Waals surface area contributed by atoms with Crippen molar-refractivity contribution >= 4 is 21.7 Å². The molecule has 0 aliphatic heterocycles. The summed E-state index contributed by atoms with van der Waals surface area (Å²) in [6, 6.07) is 3.44. The van der Waals surface area contributed by atoms with Crippen LogP contribution in [0.1, 0.15) is 24.2 Å². The first-order chi connectivity index (χ1) is 8.21. The predicted molar refractivity (Wildman–Crippen MR) is 67.3 cm³/mol. The Balaban J connectivity index is 3.08. The molecular weight excluding hydrogens is 258 g/mol. The van der Waals surface area contributed by atoms with Gasteiger partial charge >= 0.3 is 5.97 Å². The van der Waals surface area contributed by atoms with Crippen LogP contribution in [0.3, 0.4) is 0 Å². The maximum absolute atomic E-state index is 11.7. The minimum atomic E-state index is -3.60. The number of anilines is 1. The summed E-state index contributed by atoms with van der Waals surface area (Å²) >= 11 is 0. The van der Waals surface area contributed by atoms with Crippen molar-refractivity contribution < 1.29 is 23.4 Å². The Hall–Kier alpha value is -1.76. The van der Waals surface area contributed by atoms with Crippen LogP contribution in [0.25, 0.3) is 0 Å². The van der Waals surface area contributed by atoms with E-state index >= 15 is 0 Å². The smallest absolute Gasteiger partial charge is 0.337 e. The zero-order valence-electron chi connectivity index (χ0n) is 10.0. The van der Waals surface area contributed by atoms with Crippen molar-refractivity contribution in [3.8, 4) is 5.75 Å². The highest BCUT2D eigenvalue weighted by atomic mass is 32.2. The number of sulfonamides is 1. The summed E-state index contributed by atoms with van der Waals surface area (Å²) < 4.78 is 25.6. The highest BCUT2D eigenvalue weighted by Gasteiger charge is 2.18. The van der Waals surface area contributed by atoms with Gasteiger partial charge in [0.1, 0.15) is 5.75 Å². The number of carbonyl (C=O) groups is 1. The average Bonchev–Trinajstić information content (AvgIpc) is 2.18. The molecule has 0 atom stereocenters. The first-order valence-corrected chi connectivity index (χ1v) is 6.93. The van der Waals surface area contributed by atoms with Crippen LogP contribution in [0.2, 0.25) is 0 Å². The Morgan fingerprint density at radius 2 is 2.00 bits per heavy atom. The Kier molecular flexibility index (Phi) is 4.18. The lowest BCUT2D eigenvalue weighted by Crippen LogP contribution is -2.21. The fourth-order valence-corrected chi connectivity index (χ4v) is 2.92. The van der Waals surface area contributed by atoms with Gasteiger partial charge in [-0.3, -0.25) is 4.72 Å². The molecule has 0 aromatic heterocycles. The lowest BCUT2D eigenvalue weighted by molar-refractivity contribution is 0.0697. The minimum absolute atomic E-state index is 0.0547. The molecule has 7 heteroatoms. The van der Waals surface area contributed by atoms with E-state index in [9.17, 15) is 18.3 Å². The topological polar surface area (TPSA) is 104 Å². The van der Waals surface area contributed by atoms with Crippen LogP contribution in [-0.2, 0) is 10.0 Å². The Labute approximate surface area is 105 Å². The Bertz CT molecular complexity index is 551. The number of aromatic hydroxyl groups is 1. The van der Waals surface area contributed by atoms with Crippen molar-refractivity contribution in [2.24, 2.45) is 5.92 Å². The molecule has 0 unspecified atom stereocenters. The zero-order valence-corrected chi connectivity index (χ0v) is 10.9. The normalized spacial score (nSPS) is 11.5. The number of nitrogens with one attached hydrogen (secondary N) is 1. The molecule has 0 aliphatic carbocycles. The van der Waals surface area contributed by atoms with E-state index < -0.39 is 16.0 Å². The van der Waals surface area contributed by atoms with Crippen LogP contribution in [0, 0.1) is 5.92 Å². The average molecular weight is 273 g/mol. The molecule has 18 heavy (non-hydrogen) atoms. The predicted octanol–water partition coefficient (Wildman–Crippen LogP) is 1.49. The van der Waals surface area contributed by atoms with Crippen molar-refractivity contribution in [2.75, 3.05) is 10.5 Å². The molecule has 0 amide bonds. The number of carboxylic acid groups (broad SMARTS) is 1. The quantitative estimate of drug-likeness (QED) is 0.705. The maximum Gasteiger partial charge on any atom is 0.337 e. The zero-order chi connectivity index (χ0) is 13.9. The molecule has 0 saturated heterocycles. The highest BCUT2D eigenvalue weighted by molar-refractivity contribution is 7.92. The second kappa shape index (κ2) is 5.26. The number of hydrogen-bond acceptors (Lipinski definition) is 4. The summed E-state index contributed by atoms with van der Waals surface area (Å²) in [6.45, 7) is 3.49. The molecule has 1 aromatic carbocycles. The van der Waals surface area contributed by atoms with E-state index in [1.54, 1.807) is 13.8 Å². The first-order valence-electron chi connectivity index (χ1n) is 5.28. The van der Waals surface area contributed by atoms with E-state index in [1.807, 2.05) is 0 Å². The molecule has 0 radical (unpaired) electrons. The summed E-state index contributed by atoms with van der Waals surface area (Å²) in [6.07, 6.45) is 0. The third kappa shape index (κ3) is 3.92. The highest BCUT2D eigenvalue weighted by Crippen LogP contribution is 2.22. The van der Waals surface area contributed by atoms with Gasteiger partial charge in [-0.25, -0.2) is 13.2 Å². The van der Waals surface area contributed by atoms with Crippen molar-refractivity contribution in [2.45, 2.75) is 13.8 Å². The van der Waals surface area contributed by atoms with Gasteiger partial charge in [0.15, 0.2) is 0 Å². The number of carboxylic acids is 1. The monoisotopic (exact) mass is 273 g/mol.